The molecule has 1 unspecified atom stereocenters. The molecule has 1 aromatic carbocycles. The fraction of sp³-hybridized carbons (Fsp3) is 0.500. The second-order valence-electron chi connectivity index (χ2n) is 7.46. The predicted octanol–water partition coefficient (Wildman–Crippen LogP) is 3.59. The van der Waals surface area contributed by atoms with Gasteiger partial charge in [0.15, 0.2) is 0 Å². The van der Waals surface area contributed by atoms with Gasteiger partial charge >= 0.3 is 0 Å². The number of likely N-dealkylation sites (tertiary alicyclic amines) is 1. The summed E-state index contributed by atoms with van der Waals surface area (Å²) in [4.78, 5) is 14.5. The van der Waals surface area contributed by atoms with Crippen LogP contribution >= 0.6 is 0 Å². The Bertz CT molecular complexity index is 758. The molecule has 4 heteroatoms. The summed E-state index contributed by atoms with van der Waals surface area (Å²) < 4.78 is 6.86. The average Bonchev–Trinajstić information content (AvgIpc) is 2.69. The van der Waals surface area contributed by atoms with Gasteiger partial charge in [0.2, 0.25) is 0 Å². The molecule has 0 bridgehead atoms. The summed E-state index contributed by atoms with van der Waals surface area (Å²) in [5.41, 5.74) is 2.67. The van der Waals surface area contributed by atoms with Crippen LogP contribution in [-0.2, 0) is 13.5 Å². The van der Waals surface area contributed by atoms with Crippen molar-refractivity contribution in [3.8, 4) is 5.75 Å². The van der Waals surface area contributed by atoms with E-state index in [4.69, 9.17) is 4.74 Å². The molecule has 1 atom stereocenters. The summed E-state index contributed by atoms with van der Waals surface area (Å²) in [7, 11) is 3.51. The van der Waals surface area contributed by atoms with Crippen LogP contribution in [0.4, 0.5) is 0 Å². The quantitative estimate of drug-likeness (QED) is 0.795. The number of rotatable bonds is 6. The van der Waals surface area contributed by atoms with Crippen molar-refractivity contribution in [1.82, 2.24) is 9.47 Å². The lowest BCUT2D eigenvalue weighted by atomic mass is 9.89. The number of benzene rings is 1. The molecule has 2 heterocycles. The number of nitrogens with zero attached hydrogens (tertiary/aromatic N) is 2. The van der Waals surface area contributed by atoms with E-state index in [9.17, 15) is 4.79 Å². The van der Waals surface area contributed by atoms with Crippen LogP contribution in [0.5, 0.6) is 5.75 Å². The summed E-state index contributed by atoms with van der Waals surface area (Å²) in [5, 5.41) is 0. The number of ether oxygens (including phenoxy) is 1. The van der Waals surface area contributed by atoms with Crippen molar-refractivity contribution in [2.45, 2.75) is 44.6 Å². The van der Waals surface area contributed by atoms with Gasteiger partial charge in [-0.25, -0.2) is 0 Å². The van der Waals surface area contributed by atoms with Gasteiger partial charge in [-0.05, 0) is 80.9 Å². The number of aromatic nitrogens is 1. The Balaban J connectivity index is 1.49. The first-order valence-electron chi connectivity index (χ1n) is 9.60. The van der Waals surface area contributed by atoms with Crippen molar-refractivity contribution in [2.24, 2.45) is 7.05 Å². The molecule has 26 heavy (non-hydrogen) atoms. The molecular weight excluding hydrogens is 324 g/mol. The Hall–Kier alpha value is -2.07. The monoisotopic (exact) mass is 354 g/mol. The first-order chi connectivity index (χ1) is 12.6. The fourth-order valence-corrected chi connectivity index (χ4v) is 3.84. The Kier molecular flexibility index (Phi) is 6.15. The van der Waals surface area contributed by atoms with Crippen LogP contribution in [0.25, 0.3) is 0 Å². The maximum Gasteiger partial charge on any atom is 0.250 e. The highest BCUT2D eigenvalue weighted by Crippen LogP contribution is 2.28. The van der Waals surface area contributed by atoms with E-state index in [0.29, 0.717) is 12.0 Å². The van der Waals surface area contributed by atoms with Gasteiger partial charge in [0, 0.05) is 25.4 Å². The molecule has 0 N–H and O–H groups in total. The molecule has 1 aromatic heterocycles. The fourth-order valence-electron chi connectivity index (χ4n) is 3.84. The maximum atomic E-state index is 11.9. The van der Waals surface area contributed by atoms with Crippen LogP contribution in [0.1, 0.15) is 43.2 Å². The van der Waals surface area contributed by atoms with E-state index in [0.717, 1.165) is 38.1 Å². The Labute approximate surface area is 156 Å². The Morgan fingerprint density at radius 3 is 2.46 bits per heavy atom. The number of methoxy groups -OCH3 is 1. The van der Waals surface area contributed by atoms with Crippen LogP contribution in [-0.4, -0.2) is 35.7 Å². The van der Waals surface area contributed by atoms with E-state index < -0.39 is 0 Å². The number of hydrogen-bond acceptors (Lipinski definition) is 3. The molecule has 0 saturated carbocycles. The van der Waals surface area contributed by atoms with Crippen molar-refractivity contribution < 1.29 is 4.74 Å². The molecule has 3 rings (SSSR count). The van der Waals surface area contributed by atoms with Gasteiger partial charge in [0.05, 0.1) is 7.11 Å². The molecule has 4 nitrogen and oxygen atoms in total. The minimum Gasteiger partial charge on any atom is -0.497 e. The minimum atomic E-state index is 0.0952. The zero-order valence-electron chi connectivity index (χ0n) is 16.1. The smallest absolute Gasteiger partial charge is 0.250 e. The molecule has 1 saturated heterocycles. The van der Waals surface area contributed by atoms with E-state index in [2.05, 4.69) is 30.0 Å². The van der Waals surface area contributed by atoms with Gasteiger partial charge < -0.3 is 14.2 Å². The Morgan fingerprint density at radius 2 is 1.85 bits per heavy atom. The van der Waals surface area contributed by atoms with Crippen molar-refractivity contribution in [3.63, 3.8) is 0 Å². The summed E-state index contributed by atoms with van der Waals surface area (Å²) in [6.45, 7) is 4.56. The average molecular weight is 354 g/mol. The highest BCUT2D eigenvalue weighted by atomic mass is 16.5. The van der Waals surface area contributed by atoms with E-state index in [1.807, 2.05) is 24.4 Å². The van der Waals surface area contributed by atoms with Gasteiger partial charge in [-0.1, -0.05) is 12.1 Å². The van der Waals surface area contributed by atoms with E-state index in [-0.39, 0.29) is 5.56 Å². The van der Waals surface area contributed by atoms with Gasteiger partial charge in [0.1, 0.15) is 5.75 Å². The zero-order chi connectivity index (χ0) is 18.5. The first-order valence-corrected chi connectivity index (χ1v) is 9.60. The van der Waals surface area contributed by atoms with E-state index in [1.165, 1.54) is 17.5 Å². The summed E-state index contributed by atoms with van der Waals surface area (Å²) in [6.07, 6.45) is 6.43. The van der Waals surface area contributed by atoms with Crippen LogP contribution in [0.3, 0.4) is 0 Å². The Morgan fingerprint density at radius 1 is 1.15 bits per heavy atom. The number of hydrogen-bond donors (Lipinski definition) is 0. The molecule has 0 radical (unpaired) electrons. The molecular formula is C22H30N2O2. The normalized spacial score (nSPS) is 17.2. The molecule has 140 valence electrons. The standard InChI is InChI=1S/C22H30N2O2/c1-17(4-5-18-6-8-21(26-3)9-7-18)24-14-11-19(12-15-24)20-10-13-23(2)22(25)16-20/h6-10,13,16-17,19H,4-5,11-12,14-15H2,1-3H3. The second-order valence-corrected chi connectivity index (χ2v) is 7.46. The van der Waals surface area contributed by atoms with Crippen molar-refractivity contribution in [3.05, 3.63) is 64.1 Å². The van der Waals surface area contributed by atoms with Crippen molar-refractivity contribution in [2.75, 3.05) is 20.2 Å². The van der Waals surface area contributed by atoms with Gasteiger partial charge in [-0.15, -0.1) is 0 Å². The second kappa shape index (κ2) is 8.54. The zero-order valence-corrected chi connectivity index (χ0v) is 16.1. The van der Waals surface area contributed by atoms with Gasteiger partial charge in [-0.3, -0.25) is 4.79 Å². The third-order valence-corrected chi connectivity index (χ3v) is 5.76. The molecule has 1 aliphatic heterocycles. The SMILES string of the molecule is COc1ccc(CCC(C)N2CCC(c3ccn(C)c(=O)c3)CC2)cc1. The van der Waals surface area contributed by atoms with Crippen LogP contribution < -0.4 is 10.3 Å². The molecule has 0 spiro atoms. The highest BCUT2D eigenvalue weighted by Gasteiger charge is 2.23. The molecule has 1 fully saturated rings. The van der Waals surface area contributed by atoms with Crippen LogP contribution in [0, 0.1) is 0 Å². The molecule has 0 amide bonds. The predicted molar refractivity (Wildman–Crippen MR) is 106 cm³/mol. The highest BCUT2D eigenvalue weighted by molar-refractivity contribution is 5.27. The lowest BCUT2D eigenvalue weighted by Gasteiger charge is -2.36. The van der Waals surface area contributed by atoms with E-state index >= 15 is 0 Å². The minimum absolute atomic E-state index is 0.0952. The molecule has 2 aromatic rings. The maximum absolute atomic E-state index is 11.9. The van der Waals surface area contributed by atoms with Gasteiger partial charge in [0.25, 0.3) is 5.56 Å². The van der Waals surface area contributed by atoms with E-state index in [1.54, 1.807) is 18.7 Å². The van der Waals surface area contributed by atoms with Crippen LogP contribution in [0.15, 0.2) is 47.4 Å². The van der Waals surface area contributed by atoms with Crippen molar-refractivity contribution >= 4 is 0 Å². The third kappa shape index (κ3) is 4.55. The molecule has 0 aliphatic carbocycles. The lowest BCUT2D eigenvalue weighted by Crippen LogP contribution is -2.39. The first kappa shape index (κ1) is 18.7. The topological polar surface area (TPSA) is 34.5 Å². The number of piperidine rings is 1. The third-order valence-electron chi connectivity index (χ3n) is 5.76. The molecule has 1 aliphatic rings. The lowest BCUT2D eigenvalue weighted by molar-refractivity contribution is 0.155. The van der Waals surface area contributed by atoms with Crippen LogP contribution in [0.2, 0.25) is 0 Å². The number of pyridine rings is 1. The van der Waals surface area contributed by atoms with Crippen molar-refractivity contribution in [1.29, 1.82) is 0 Å². The largest absolute Gasteiger partial charge is 0.497 e. The summed E-state index contributed by atoms with van der Waals surface area (Å²) >= 11 is 0. The summed E-state index contributed by atoms with van der Waals surface area (Å²) in [5.74, 6) is 1.44. The number of aryl methyl sites for hydroxylation is 2. The van der Waals surface area contributed by atoms with Gasteiger partial charge in [-0.2, -0.15) is 0 Å². The summed E-state index contributed by atoms with van der Waals surface area (Å²) in [6, 6.07) is 12.9.